The molecule has 7 rings (SSSR count). The lowest BCUT2D eigenvalue weighted by Gasteiger charge is -2.30. The number of alkyl carbamates (subject to hydrolysis) is 2. The van der Waals surface area contributed by atoms with Crippen molar-refractivity contribution in [2.45, 2.75) is 128 Å². The summed E-state index contributed by atoms with van der Waals surface area (Å²) in [6.07, 6.45) is 6.59. The largest absolute Gasteiger partial charge is 0.480 e. The summed E-state index contributed by atoms with van der Waals surface area (Å²) in [7, 11) is 2.53. The van der Waals surface area contributed by atoms with Crippen molar-refractivity contribution < 1.29 is 76.5 Å². The molecule has 0 radical (unpaired) electrons. The van der Waals surface area contributed by atoms with Gasteiger partial charge in [-0.25, -0.2) is 34.0 Å². The summed E-state index contributed by atoms with van der Waals surface area (Å²) in [4.78, 5) is 118. The van der Waals surface area contributed by atoms with Crippen LogP contribution in [0, 0.1) is 19.7 Å². The molecule has 13 N–H and O–H groups in total. The third-order valence-electron chi connectivity index (χ3n) is 14.2. The highest BCUT2D eigenvalue weighted by molar-refractivity contribution is 6.40. The second-order valence-corrected chi connectivity index (χ2v) is 24.4. The van der Waals surface area contributed by atoms with Crippen molar-refractivity contribution in [3.63, 3.8) is 0 Å². The minimum Gasteiger partial charge on any atom is -0.480 e. The van der Waals surface area contributed by atoms with E-state index in [0.717, 1.165) is 70.1 Å². The average molecular weight is 1450 g/mol. The minimum absolute atomic E-state index is 0. The number of esters is 2. The van der Waals surface area contributed by atoms with Gasteiger partial charge in [0, 0.05) is 62.2 Å². The monoisotopic (exact) mass is 1450 g/mol. The van der Waals surface area contributed by atoms with Crippen LogP contribution in [0.3, 0.4) is 0 Å². The molecule has 1 aromatic heterocycles. The molecule has 3 fully saturated rings. The van der Waals surface area contributed by atoms with E-state index in [1.165, 1.54) is 14.2 Å². The summed E-state index contributed by atoms with van der Waals surface area (Å²) >= 11 is 13.1. The molecule has 0 aliphatic carbocycles. The van der Waals surface area contributed by atoms with Crippen LogP contribution in [0.2, 0.25) is 10.0 Å². The number of ether oxygens (including phenoxy) is 4. The Balaban J connectivity index is 0.000000488. The zero-order valence-corrected chi connectivity index (χ0v) is 58.8. The number of fused-ring (bicyclic) bond motifs is 2. The summed E-state index contributed by atoms with van der Waals surface area (Å²) in [5, 5.41) is 29.4. The first-order valence-electron chi connectivity index (χ1n) is 30.4. The first-order valence-corrected chi connectivity index (χ1v) is 31.2. The SMILES string of the molecule is CC(C)(C)OC(=O)N[C@@H](CN)C(=O)O.Cl.Cl.[C-]#[N+]NC(=NC[C@H](NC(=O)OC(C)(C)C)C(=O)OC)N1CCCC1.[C-]#[N+]NC(=NC[C@H](NC(=O)c1c(Cl)cc2c(c1Cl)CCN(C(=O)c1ccc3ccoc3c1)C2)C(=O)O)N1CCCC1.[C-]#[N+]NC(NC[C@H](N)C(=O)OC)=[N+]1CCCC1. The number of aliphatic carboxylic acids is 2. The van der Waals surface area contributed by atoms with E-state index < -0.39 is 77.3 Å². The number of hydrogen-bond donors (Lipinski definition) is 11. The number of carbonyl (C=O) groups is 8. The summed E-state index contributed by atoms with van der Waals surface area (Å²) in [6.45, 7) is 36.2. The molecule has 0 bridgehead atoms. The van der Waals surface area contributed by atoms with Crippen LogP contribution in [0.25, 0.3) is 25.8 Å². The van der Waals surface area contributed by atoms with E-state index in [2.05, 4.69) is 71.9 Å². The molecule has 4 aliphatic heterocycles. The zero-order chi connectivity index (χ0) is 71.3. The second-order valence-electron chi connectivity index (χ2n) is 23.6. The van der Waals surface area contributed by atoms with Crippen LogP contribution >= 0.6 is 48.0 Å². The summed E-state index contributed by atoms with van der Waals surface area (Å²) in [5.74, 6) is -3.24. The van der Waals surface area contributed by atoms with Crippen LogP contribution in [0.1, 0.15) is 112 Å². The number of carboxylic acids is 2. The van der Waals surface area contributed by atoms with Crippen LogP contribution < -0.4 is 49.0 Å². The Bertz CT molecular complexity index is 3450. The van der Waals surface area contributed by atoms with Crippen LogP contribution in [0.4, 0.5) is 9.59 Å². The molecule has 33 nitrogen and oxygen atoms in total. The van der Waals surface area contributed by atoms with Gasteiger partial charge in [-0.3, -0.25) is 24.3 Å². The molecule has 98 heavy (non-hydrogen) atoms. The van der Waals surface area contributed by atoms with Gasteiger partial charge in [0.15, 0.2) is 0 Å². The van der Waals surface area contributed by atoms with E-state index >= 15 is 0 Å². The van der Waals surface area contributed by atoms with Crippen molar-refractivity contribution in [3.8, 4) is 0 Å². The molecule has 5 heterocycles. The molecular formula is C61H87Cl4N18O15+. The van der Waals surface area contributed by atoms with Crippen LogP contribution in [0.15, 0.2) is 51.0 Å². The smallest absolute Gasteiger partial charge is 0.415 e. The fourth-order valence-corrected chi connectivity index (χ4v) is 10.3. The van der Waals surface area contributed by atoms with Gasteiger partial charge in [-0.2, -0.15) is 29.6 Å². The van der Waals surface area contributed by atoms with E-state index in [0.29, 0.717) is 60.2 Å². The van der Waals surface area contributed by atoms with E-state index in [1.807, 2.05) is 26.5 Å². The van der Waals surface area contributed by atoms with Crippen molar-refractivity contribution in [2.75, 3.05) is 86.2 Å². The number of rotatable bonds is 16. The third-order valence-corrected chi connectivity index (χ3v) is 14.9. The Hall–Kier alpha value is -9.30. The first kappa shape index (κ1) is 84.8. The molecule has 0 spiro atoms. The predicted molar refractivity (Wildman–Crippen MR) is 367 cm³/mol. The number of nitrogens with one attached hydrogen (secondary N) is 7. The average Bonchev–Trinajstić information content (AvgIpc) is 1.09. The molecule has 3 aromatic rings. The number of benzene rings is 2. The van der Waals surface area contributed by atoms with Crippen molar-refractivity contribution in [2.24, 2.45) is 21.5 Å². The van der Waals surface area contributed by atoms with E-state index in [9.17, 15) is 43.5 Å². The third kappa shape index (κ3) is 27.7. The fraction of sp³-hybridized carbons (Fsp3) is 0.541. The maximum absolute atomic E-state index is 13.2. The summed E-state index contributed by atoms with van der Waals surface area (Å²) in [5.41, 5.74) is 19.4. The normalized spacial score (nSPS) is 15.2. The van der Waals surface area contributed by atoms with Gasteiger partial charge in [0.25, 0.3) is 23.7 Å². The minimum atomic E-state index is -1.38. The number of furan rings is 1. The number of nitrogens with two attached hydrogens (primary N) is 2. The number of amides is 4. The Morgan fingerprint density at radius 1 is 0.694 bits per heavy atom. The van der Waals surface area contributed by atoms with Crippen molar-refractivity contribution in [1.82, 2.24) is 52.2 Å². The number of aliphatic imine (C=N–C) groups is 2. The van der Waals surface area contributed by atoms with Crippen LogP contribution in [-0.4, -0.2) is 217 Å². The molecule has 0 saturated carbocycles. The van der Waals surface area contributed by atoms with Crippen LogP contribution in [-0.2, 0) is 51.1 Å². The van der Waals surface area contributed by atoms with Gasteiger partial charge >= 0.3 is 42.0 Å². The Morgan fingerprint density at radius 2 is 1.20 bits per heavy atom. The topological polar surface area (TPSA) is 414 Å². The lowest BCUT2D eigenvalue weighted by atomic mass is 9.96. The van der Waals surface area contributed by atoms with Gasteiger partial charge in [-0.1, -0.05) is 45.1 Å². The Kier molecular flexibility index (Phi) is 36.1. The Morgan fingerprint density at radius 3 is 1.68 bits per heavy atom. The van der Waals surface area contributed by atoms with Crippen molar-refractivity contribution >= 4 is 125 Å². The molecule has 2 aromatic carbocycles. The summed E-state index contributed by atoms with van der Waals surface area (Å²) in [6, 6.07) is 4.48. The first-order chi connectivity index (χ1) is 45.5. The maximum atomic E-state index is 13.2. The lowest BCUT2D eigenvalue weighted by molar-refractivity contribution is -0.510. The van der Waals surface area contributed by atoms with Crippen LogP contribution in [0.5, 0.6) is 0 Å². The van der Waals surface area contributed by atoms with Gasteiger partial charge < -0.3 is 75.7 Å². The van der Waals surface area contributed by atoms with Crippen molar-refractivity contribution in [3.05, 3.63) is 103 Å². The number of likely N-dealkylation sites (tertiary alicyclic amines) is 2. The quantitative estimate of drug-likeness (QED) is 0.0180. The highest BCUT2D eigenvalue weighted by atomic mass is 35.5. The number of halogens is 4. The molecule has 4 atom stereocenters. The molecule has 0 unspecified atom stereocenters. The van der Waals surface area contributed by atoms with E-state index in [-0.39, 0.29) is 85.0 Å². The molecule has 538 valence electrons. The second kappa shape index (κ2) is 41.7. The number of hydrogen-bond acceptors (Lipinski definition) is 17. The lowest BCUT2D eigenvalue weighted by Crippen LogP contribution is -2.48. The highest BCUT2D eigenvalue weighted by Crippen LogP contribution is 2.35. The number of carbonyl (C=O) groups excluding carboxylic acids is 6. The standard InChI is InChI=1S/C28H26Cl2N6O5.C15H25N5O4.C10H17N5O2.C8H16N2O4.2ClH/c1-31-34-28(35-8-2-3-9-35)32-14-21(27(39)40)33-25(37)23-20(29)12-18-15-36(10-6-19(18)24(23)30)26(38)17-5-4-16-7-11-41-22(16)13-17;1-15(2,3)24-14(22)18-11(12(21)23-5)10-17-13(19-16-4)20-8-6-7-9-20;1-12-14-10(15-5-3-4-6-15)13-7-8(11)9(16)17-2;1-8(2,3)14-7(13)10-5(4-9)6(11)12;;/h4-5,7,11-13,21H,2-3,6,8-10,14-15H2,(H,32,34)(H,33,37)(H,39,40);11H,6-10H2,1-3,5H3,(H,17,19)(H,18,22);8H,3-7,11H2,2H3,(H,13,14);5H,4,9H2,1-3H3,(H,10,13)(H,11,12);2*1H/p+1/t21-;11-;8-;5-;;/m0000../s1. The van der Waals surface area contributed by atoms with E-state index in [4.69, 9.17) is 73.4 Å². The number of methoxy groups -OCH3 is 2. The zero-order valence-electron chi connectivity index (χ0n) is 55.7. The van der Waals surface area contributed by atoms with Gasteiger partial charge in [-0.05, 0) is 122 Å². The van der Waals surface area contributed by atoms with Gasteiger partial charge in [-0.15, -0.1) is 24.8 Å². The summed E-state index contributed by atoms with van der Waals surface area (Å²) < 4.78 is 26.6. The van der Waals surface area contributed by atoms with E-state index in [1.54, 1.807) is 70.9 Å². The number of nitrogens with zero attached hydrogens (tertiary/aromatic N) is 9. The predicted octanol–water partition coefficient (Wildman–Crippen LogP) is 4.35. The highest BCUT2D eigenvalue weighted by Gasteiger charge is 2.32. The van der Waals surface area contributed by atoms with Gasteiger partial charge in [0.05, 0.1) is 68.8 Å². The Labute approximate surface area is 590 Å². The van der Waals surface area contributed by atoms with Gasteiger partial charge in [0.1, 0.15) is 41.0 Å². The molecular weight excluding hydrogens is 1370 g/mol. The molecule has 4 amide bonds. The van der Waals surface area contributed by atoms with Crippen molar-refractivity contribution in [1.29, 1.82) is 0 Å². The maximum Gasteiger partial charge on any atom is 0.415 e. The van der Waals surface area contributed by atoms with Gasteiger partial charge in [0.2, 0.25) is 0 Å². The molecule has 37 heteroatoms. The molecule has 3 saturated heterocycles. The fourth-order valence-electron chi connectivity index (χ4n) is 9.54. The molecule has 4 aliphatic rings. The number of carboxylic acid groups (broad SMARTS) is 2. The number of guanidine groups is 3.